The summed E-state index contributed by atoms with van der Waals surface area (Å²) in [6.45, 7) is 6.63. The number of rotatable bonds is 7. The number of ether oxygens (including phenoxy) is 1. The molecule has 0 bridgehead atoms. The van der Waals surface area contributed by atoms with E-state index in [-0.39, 0.29) is 17.8 Å². The molecule has 1 unspecified atom stereocenters. The second-order valence-corrected chi connectivity index (χ2v) is 15.6. The Bertz CT molecular complexity index is 845. The van der Waals surface area contributed by atoms with Crippen molar-refractivity contribution in [2.75, 3.05) is 12.9 Å². The first-order chi connectivity index (χ1) is 12.2. The molecule has 0 N–H and O–H groups in total. The Labute approximate surface area is 157 Å². The van der Waals surface area contributed by atoms with Crippen LogP contribution in [0.4, 0.5) is 0 Å². The number of sulfonamides is 1. The maximum absolute atomic E-state index is 13.1. The average molecular weight is 390 g/mol. The summed E-state index contributed by atoms with van der Waals surface area (Å²) in [5.41, 5.74) is 2.06. The normalized spacial score (nSPS) is 22.8. The van der Waals surface area contributed by atoms with Crippen molar-refractivity contribution in [1.82, 2.24) is 4.31 Å². The maximum Gasteiger partial charge on any atom is 0.215 e. The predicted octanol–water partition coefficient (Wildman–Crippen LogP) is 4.46. The van der Waals surface area contributed by atoms with E-state index < -0.39 is 18.1 Å². The monoisotopic (exact) mass is 389 g/mol. The highest BCUT2D eigenvalue weighted by Crippen LogP contribution is 2.56. The molecule has 0 spiro atoms. The van der Waals surface area contributed by atoms with Gasteiger partial charge in [-0.3, -0.25) is 0 Å². The molecule has 0 radical (unpaired) electrons. The summed E-state index contributed by atoms with van der Waals surface area (Å²) < 4.78 is 33.0. The van der Waals surface area contributed by atoms with E-state index >= 15 is 0 Å². The molecular weight excluding hydrogens is 362 g/mol. The largest absolute Gasteiger partial charge is 0.497 e. The Kier molecular flexibility index (Phi) is 5.28. The molecule has 26 heavy (non-hydrogen) atoms. The van der Waals surface area contributed by atoms with Crippen LogP contribution in [0, 0.1) is 0 Å². The number of nitrogens with zero attached hydrogens (tertiary/aromatic N) is 1. The lowest BCUT2D eigenvalue weighted by Crippen LogP contribution is -2.27. The molecule has 2 aromatic rings. The summed E-state index contributed by atoms with van der Waals surface area (Å²) in [5, 5.41) is 0. The molecule has 3 rings (SSSR count). The highest BCUT2D eigenvalue weighted by atomic mass is 32.2. The van der Waals surface area contributed by atoms with Crippen LogP contribution in [-0.4, -0.2) is 33.7 Å². The Morgan fingerprint density at radius 3 is 1.96 bits per heavy atom. The van der Waals surface area contributed by atoms with Crippen molar-refractivity contribution in [3.8, 4) is 5.75 Å². The fraction of sp³-hybridized carbons (Fsp3) is 0.400. The first kappa shape index (κ1) is 19.1. The minimum atomic E-state index is -3.29. The van der Waals surface area contributed by atoms with Crippen LogP contribution < -0.4 is 4.74 Å². The first-order valence-corrected chi connectivity index (χ1v) is 14.2. The summed E-state index contributed by atoms with van der Waals surface area (Å²) in [4.78, 5) is 0. The molecule has 0 aliphatic carbocycles. The van der Waals surface area contributed by atoms with Gasteiger partial charge in [-0.05, 0) is 29.3 Å². The van der Waals surface area contributed by atoms with Gasteiger partial charge in [-0.15, -0.1) is 0 Å². The highest BCUT2D eigenvalue weighted by molar-refractivity contribution is 7.89. The average Bonchev–Trinajstić information content (AvgIpc) is 3.37. The van der Waals surface area contributed by atoms with E-state index in [1.165, 1.54) is 0 Å². The zero-order chi connectivity index (χ0) is 18.9. The summed E-state index contributed by atoms with van der Waals surface area (Å²) in [5.74, 6) is 1.01. The first-order valence-electron chi connectivity index (χ1n) is 8.93. The van der Waals surface area contributed by atoms with Gasteiger partial charge in [0.25, 0.3) is 0 Å². The van der Waals surface area contributed by atoms with Gasteiger partial charge in [-0.1, -0.05) is 62.1 Å². The van der Waals surface area contributed by atoms with Crippen molar-refractivity contribution in [3.63, 3.8) is 0 Å². The van der Waals surface area contributed by atoms with Crippen LogP contribution in [-0.2, 0) is 10.0 Å². The van der Waals surface area contributed by atoms with Gasteiger partial charge in [0, 0.05) is 8.07 Å². The molecule has 2 aromatic carbocycles. The van der Waals surface area contributed by atoms with E-state index in [1.54, 1.807) is 11.4 Å². The van der Waals surface area contributed by atoms with Gasteiger partial charge in [0.2, 0.25) is 10.0 Å². The molecule has 1 aliphatic rings. The Morgan fingerprint density at radius 2 is 1.46 bits per heavy atom. The van der Waals surface area contributed by atoms with Crippen LogP contribution in [0.1, 0.15) is 23.2 Å². The van der Waals surface area contributed by atoms with E-state index in [0.29, 0.717) is 0 Å². The third-order valence-electron chi connectivity index (χ3n) is 4.79. The Balaban J connectivity index is 1.90. The van der Waals surface area contributed by atoms with Gasteiger partial charge >= 0.3 is 0 Å². The third-order valence-corrected chi connectivity index (χ3v) is 8.72. The van der Waals surface area contributed by atoms with Gasteiger partial charge in [-0.2, -0.15) is 4.31 Å². The van der Waals surface area contributed by atoms with Crippen molar-refractivity contribution in [2.45, 2.75) is 37.8 Å². The molecule has 1 fully saturated rings. The molecule has 1 heterocycles. The lowest BCUT2D eigenvalue weighted by Gasteiger charge is -2.16. The van der Waals surface area contributed by atoms with Crippen molar-refractivity contribution >= 4 is 18.1 Å². The highest BCUT2D eigenvalue weighted by Gasteiger charge is 2.56. The minimum Gasteiger partial charge on any atom is -0.497 e. The van der Waals surface area contributed by atoms with Gasteiger partial charge in [0.1, 0.15) is 5.75 Å². The second-order valence-electron chi connectivity index (χ2n) is 8.03. The Hall–Kier alpha value is -1.63. The van der Waals surface area contributed by atoms with Crippen molar-refractivity contribution in [3.05, 3.63) is 65.7 Å². The van der Waals surface area contributed by atoms with Gasteiger partial charge in [0.05, 0.1) is 24.9 Å². The molecule has 3 atom stereocenters. The molecule has 4 nitrogen and oxygen atoms in total. The van der Waals surface area contributed by atoms with Crippen molar-refractivity contribution < 1.29 is 13.2 Å². The predicted molar refractivity (Wildman–Crippen MR) is 109 cm³/mol. The zero-order valence-corrected chi connectivity index (χ0v) is 17.7. The summed E-state index contributed by atoms with van der Waals surface area (Å²) >= 11 is 0. The van der Waals surface area contributed by atoms with Crippen LogP contribution >= 0.6 is 0 Å². The van der Waals surface area contributed by atoms with Crippen molar-refractivity contribution in [2.24, 2.45) is 0 Å². The van der Waals surface area contributed by atoms with Crippen LogP contribution in [0.5, 0.6) is 5.75 Å². The van der Waals surface area contributed by atoms with Crippen LogP contribution in [0.25, 0.3) is 0 Å². The second kappa shape index (κ2) is 7.17. The van der Waals surface area contributed by atoms with E-state index in [4.69, 9.17) is 4.74 Å². The SMILES string of the molecule is COc1ccc([C@@H]2[C@@H](c3ccccc3)N2S(=O)(=O)CC[Si](C)(C)C)cc1. The van der Waals surface area contributed by atoms with Gasteiger partial charge in [-0.25, -0.2) is 8.42 Å². The van der Waals surface area contributed by atoms with Gasteiger partial charge < -0.3 is 4.74 Å². The van der Waals surface area contributed by atoms with Crippen molar-refractivity contribution in [1.29, 1.82) is 0 Å². The van der Waals surface area contributed by atoms with Crippen LogP contribution in [0.2, 0.25) is 25.7 Å². The molecular formula is C20H27NO3SSi. The molecule has 1 saturated heterocycles. The Morgan fingerprint density at radius 1 is 0.923 bits per heavy atom. The number of hydrogen-bond donors (Lipinski definition) is 0. The quantitative estimate of drug-likeness (QED) is 0.519. The zero-order valence-electron chi connectivity index (χ0n) is 15.8. The molecule has 1 aliphatic heterocycles. The fourth-order valence-corrected chi connectivity index (χ4v) is 8.01. The molecule has 6 heteroatoms. The lowest BCUT2D eigenvalue weighted by molar-refractivity contribution is 0.414. The summed E-state index contributed by atoms with van der Waals surface area (Å²) in [7, 11) is -3.09. The van der Waals surface area contributed by atoms with E-state index in [1.807, 2.05) is 54.6 Å². The standard InChI is InChI=1S/C20H27NO3SSi/c1-24-18-12-10-17(11-13-18)20-19(16-8-6-5-7-9-16)21(20)25(22,23)14-15-26(2,3)4/h5-13,19-20H,14-15H2,1-4H3/t19-,20-,21?/m1/s1. The molecule has 140 valence electrons. The van der Waals surface area contributed by atoms with E-state index in [2.05, 4.69) is 19.6 Å². The maximum atomic E-state index is 13.1. The molecule has 0 saturated carbocycles. The smallest absolute Gasteiger partial charge is 0.215 e. The third kappa shape index (κ3) is 4.19. The molecule has 0 amide bonds. The summed E-state index contributed by atoms with van der Waals surface area (Å²) in [6.07, 6.45) is 0. The fourth-order valence-electron chi connectivity index (χ4n) is 3.21. The topological polar surface area (TPSA) is 46.4 Å². The van der Waals surface area contributed by atoms with Gasteiger partial charge in [0.15, 0.2) is 0 Å². The number of methoxy groups -OCH3 is 1. The van der Waals surface area contributed by atoms with E-state index in [9.17, 15) is 8.42 Å². The van der Waals surface area contributed by atoms with Crippen LogP contribution in [0.3, 0.4) is 0 Å². The molecule has 0 aromatic heterocycles. The summed E-state index contributed by atoms with van der Waals surface area (Å²) in [6, 6.07) is 18.2. The minimum absolute atomic E-state index is 0.115. The van der Waals surface area contributed by atoms with Crippen LogP contribution in [0.15, 0.2) is 54.6 Å². The number of hydrogen-bond acceptors (Lipinski definition) is 3. The number of benzene rings is 2. The lowest BCUT2D eigenvalue weighted by atomic mass is 10.0. The van der Waals surface area contributed by atoms with E-state index in [0.717, 1.165) is 22.9 Å².